The topological polar surface area (TPSA) is 43.4 Å². The molecule has 0 spiro atoms. The molecule has 1 fully saturated rings. The van der Waals surface area contributed by atoms with Crippen LogP contribution in [-0.2, 0) is 14.3 Å². The molecule has 1 aliphatic carbocycles. The van der Waals surface area contributed by atoms with Crippen LogP contribution in [0.2, 0.25) is 0 Å². The van der Waals surface area contributed by atoms with E-state index in [0.717, 1.165) is 18.4 Å². The smallest absolute Gasteiger partial charge is 0.328 e. The molecule has 1 aliphatic heterocycles. The molecule has 2 rings (SSSR count). The predicted molar refractivity (Wildman–Crippen MR) is 64.1 cm³/mol. The SMILES string of the molecule is CCC=CC12C(=O)OC(=O)C1CCC(C)=C2C. The van der Waals surface area contributed by atoms with Gasteiger partial charge in [0, 0.05) is 0 Å². The van der Waals surface area contributed by atoms with Crippen LogP contribution in [0.4, 0.5) is 0 Å². The minimum Gasteiger partial charge on any atom is -0.392 e. The van der Waals surface area contributed by atoms with Gasteiger partial charge in [-0.3, -0.25) is 9.59 Å². The lowest BCUT2D eigenvalue weighted by Gasteiger charge is -2.33. The van der Waals surface area contributed by atoms with E-state index in [9.17, 15) is 9.59 Å². The highest BCUT2D eigenvalue weighted by molar-refractivity contribution is 6.03. The number of allylic oxidation sites excluding steroid dienone is 2. The maximum absolute atomic E-state index is 12.1. The highest BCUT2D eigenvalue weighted by Gasteiger charge is 2.58. The Labute approximate surface area is 102 Å². The second-order valence-electron chi connectivity index (χ2n) is 4.88. The normalized spacial score (nSPS) is 33.2. The largest absolute Gasteiger partial charge is 0.392 e. The molecule has 0 N–H and O–H groups in total. The maximum atomic E-state index is 12.1. The van der Waals surface area contributed by atoms with Crippen LogP contribution in [0.5, 0.6) is 0 Å². The summed E-state index contributed by atoms with van der Waals surface area (Å²) in [6.07, 6.45) is 6.27. The van der Waals surface area contributed by atoms with Crippen LogP contribution >= 0.6 is 0 Å². The van der Waals surface area contributed by atoms with Gasteiger partial charge in [-0.1, -0.05) is 30.2 Å². The van der Waals surface area contributed by atoms with Crippen molar-refractivity contribution in [2.75, 3.05) is 0 Å². The van der Waals surface area contributed by atoms with Crippen molar-refractivity contribution in [3.8, 4) is 0 Å². The van der Waals surface area contributed by atoms with E-state index in [1.54, 1.807) is 0 Å². The van der Waals surface area contributed by atoms with E-state index in [0.29, 0.717) is 6.42 Å². The predicted octanol–water partition coefficient (Wildman–Crippen LogP) is 2.77. The Morgan fingerprint density at radius 3 is 2.76 bits per heavy atom. The Morgan fingerprint density at radius 1 is 1.41 bits per heavy atom. The van der Waals surface area contributed by atoms with E-state index in [-0.39, 0.29) is 11.9 Å². The summed E-state index contributed by atoms with van der Waals surface area (Å²) in [6, 6.07) is 0. The zero-order chi connectivity index (χ0) is 12.6. The maximum Gasteiger partial charge on any atom is 0.328 e. The van der Waals surface area contributed by atoms with Crippen molar-refractivity contribution in [1.29, 1.82) is 0 Å². The van der Waals surface area contributed by atoms with Crippen LogP contribution in [0, 0.1) is 11.3 Å². The fourth-order valence-electron chi connectivity index (χ4n) is 2.85. The average Bonchev–Trinajstić information content (AvgIpc) is 2.54. The molecule has 0 radical (unpaired) electrons. The Morgan fingerprint density at radius 2 is 2.12 bits per heavy atom. The Bertz CT molecular complexity index is 431. The molecule has 0 aromatic rings. The Kier molecular flexibility index (Phi) is 2.94. The van der Waals surface area contributed by atoms with Crippen molar-refractivity contribution in [2.24, 2.45) is 11.3 Å². The van der Waals surface area contributed by atoms with Gasteiger partial charge in [-0.25, -0.2) is 0 Å². The molecule has 0 saturated carbocycles. The van der Waals surface area contributed by atoms with Crippen LogP contribution in [-0.4, -0.2) is 11.9 Å². The molecule has 2 aliphatic rings. The van der Waals surface area contributed by atoms with E-state index < -0.39 is 11.4 Å². The summed E-state index contributed by atoms with van der Waals surface area (Å²) >= 11 is 0. The van der Waals surface area contributed by atoms with Crippen molar-refractivity contribution in [2.45, 2.75) is 40.0 Å². The second-order valence-corrected chi connectivity index (χ2v) is 4.88. The molecule has 0 aromatic heterocycles. The Hall–Kier alpha value is -1.38. The molecule has 2 unspecified atom stereocenters. The fraction of sp³-hybridized carbons (Fsp3) is 0.571. The van der Waals surface area contributed by atoms with Gasteiger partial charge >= 0.3 is 11.9 Å². The Balaban J connectivity index is 2.57. The highest BCUT2D eigenvalue weighted by Crippen LogP contribution is 2.51. The lowest BCUT2D eigenvalue weighted by molar-refractivity contribution is -0.154. The first-order chi connectivity index (χ1) is 8.04. The lowest BCUT2D eigenvalue weighted by Crippen LogP contribution is -2.36. The quantitative estimate of drug-likeness (QED) is 0.419. The van der Waals surface area contributed by atoms with E-state index in [1.165, 1.54) is 5.57 Å². The molecule has 2 atom stereocenters. The monoisotopic (exact) mass is 234 g/mol. The summed E-state index contributed by atoms with van der Waals surface area (Å²) < 4.78 is 4.86. The third kappa shape index (κ3) is 1.56. The van der Waals surface area contributed by atoms with Crippen molar-refractivity contribution in [3.63, 3.8) is 0 Å². The third-order valence-electron chi connectivity index (χ3n) is 4.05. The number of hydrogen-bond acceptors (Lipinski definition) is 3. The van der Waals surface area contributed by atoms with Gasteiger partial charge < -0.3 is 4.74 Å². The van der Waals surface area contributed by atoms with Gasteiger partial charge in [0.25, 0.3) is 0 Å². The van der Waals surface area contributed by atoms with Crippen LogP contribution in [0.25, 0.3) is 0 Å². The fourth-order valence-corrected chi connectivity index (χ4v) is 2.85. The third-order valence-corrected chi connectivity index (χ3v) is 4.05. The number of hydrogen-bond donors (Lipinski definition) is 0. The van der Waals surface area contributed by atoms with Gasteiger partial charge in [0.2, 0.25) is 0 Å². The van der Waals surface area contributed by atoms with Gasteiger partial charge in [0.1, 0.15) is 5.41 Å². The standard InChI is InChI=1S/C14H18O3/c1-4-5-8-14-10(3)9(2)6-7-11(14)12(15)17-13(14)16/h5,8,11H,4,6-7H2,1-3H3. The number of carbonyl (C=O) groups excluding carboxylic acids is 2. The lowest BCUT2D eigenvalue weighted by atomic mass is 9.64. The van der Waals surface area contributed by atoms with Crippen molar-refractivity contribution in [1.82, 2.24) is 0 Å². The number of ether oxygens (including phenoxy) is 1. The van der Waals surface area contributed by atoms with Gasteiger partial charge in [-0.05, 0) is 33.1 Å². The number of cyclic esters (lactones) is 2. The molecule has 3 heteroatoms. The van der Waals surface area contributed by atoms with Gasteiger partial charge in [0.05, 0.1) is 5.92 Å². The molecule has 92 valence electrons. The molecule has 3 nitrogen and oxygen atoms in total. The summed E-state index contributed by atoms with van der Waals surface area (Å²) in [4.78, 5) is 23.8. The molecule has 0 aromatic carbocycles. The number of fused-ring (bicyclic) bond motifs is 1. The molecule has 0 bridgehead atoms. The van der Waals surface area contributed by atoms with Crippen LogP contribution in [0.1, 0.15) is 40.0 Å². The number of esters is 2. The van der Waals surface area contributed by atoms with Gasteiger partial charge in [0.15, 0.2) is 0 Å². The van der Waals surface area contributed by atoms with E-state index in [4.69, 9.17) is 4.74 Å². The zero-order valence-electron chi connectivity index (χ0n) is 10.6. The summed E-state index contributed by atoms with van der Waals surface area (Å²) in [6.45, 7) is 5.99. The van der Waals surface area contributed by atoms with Crippen molar-refractivity contribution < 1.29 is 14.3 Å². The van der Waals surface area contributed by atoms with Crippen LogP contribution in [0.15, 0.2) is 23.3 Å². The summed E-state index contributed by atoms with van der Waals surface area (Å²) in [5, 5.41) is 0. The minimum atomic E-state index is -0.810. The van der Waals surface area contributed by atoms with Crippen LogP contribution in [0.3, 0.4) is 0 Å². The van der Waals surface area contributed by atoms with Crippen molar-refractivity contribution in [3.05, 3.63) is 23.3 Å². The van der Waals surface area contributed by atoms with E-state index >= 15 is 0 Å². The molecule has 17 heavy (non-hydrogen) atoms. The number of carbonyl (C=O) groups is 2. The average molecular weight is 234 g/mol. The minimum absolute atomic E-state index is 0.318. The molecule has 1 saturated heterocycles. The first kappa shape index (κ1) is 12.1. The molecular formula is C14H18O3. The molecule has 1 heterocycles. The van der Waals surface area contributed by atoms with Crippen LogP contribution < -0.4 is 0 Å². The summed E-state index contributed by atoms with van der Waals surface area (Å²) in [5.74, 6) is -1.07. The van der Waals surface area contributed by atoms with E-state index in [1.807, 2.05) is 32.9 Å². The zero-order valence-corrected chi connectivity index (χ0v) is 10.6. The molecule has 0 amide bonds. The van der Waals surface area contributed by atoms with Crippen molar-refractivity contribution >= 4 is 11.9 Å². The van der Waals surface area contributed by atoms with Gasteiger partial charge in [-0.2, -0.15) is 0 Å². The molecular weight excluding hydrogens is 216 g/mol. The highest BCUT2D eigenvalue weighted by atomic mass is 16.6. The second kappa shape index (κ2) is 4.13. The van der Waals surface area contributed by atoms with Gasteiger partial charge in [-0.15, -0.1) is 0 Å². The number of rotatable bonds is 2. The summed E-state index contributed by atoms with van der Waals surface area (Å²) in [7, 11) is 0. The first-order valence-electron chi connectivity index (χ1n) is 6.14. The van der Waals surface area contributed by atoms with E-state index in [2.05, 4.69) is 0 Å². The summed E-state index contributed by atoms with van der Waals surface area (Å²) in [5.41, 5.74) is 1.39. The first-order valence-corrected chi connectivity index (χ1v) is 6.14.